The van der Waals surface area contributed by atoms with Gasteiger partial charge in [0, 0.05) is 17.4 Å². The fourth-order valence-electron chi connectivity index (χ4n) is 1.07. The highest BCUT2D eigenvalue weighted by molar-refractivity contribution is 8.06. The van der Waals surface area contributed by atoms with E-state index in [1.165, 1.54) is 25.1 Å². The first-order valence-corrected chi connectivity index (χ1v) is 6.43. The lowest BCUT2D eigenvalue weighted by atomic mass is 10.2. The smallest absolute Gasteiger partial charge is 0.375 e. The Morgan fingerprint density at radius 2 is 2.13 bits per heavy atom. The molecule has 1 aromatic carbocycles. The number of aryl methyl sites for hydroxylation is 1. The minimum absolute atomic E-state index is 0.228. The Morgan fingerprint density at radius 1 is 1.53 bits per heavy atom. The second kappa shape index (κ2) is 4.24. The lowest BCUT2D eigenvalue weighted by molar-refractivity contribution is -0.386. The third-order valence-electron chi connectivity index (χ3n) is 1.60. The Hall–Kier alpha value is -1.01. The number of nitro groups is 1. The number of hydrogen-bond donors (Lipinski definition) is 2. The molecule has 1 rings (SSSR count). The van der Waals surface area contributed by atoms with E-state index < -0.39 is 11.6 Å². The van der Waals surface area contributed by atoms with Gasteiger partial charge in [0.25, 0.3) is 0 Å². The van der Waals surface area contributed by atoms with Crippen LogP contribution in [0.3, 0.4) is 0 Å². The van der Waals surface area contributed by atoms with Gasteiger partial charge in [-0.15, -0.1) is 0 Å². The summed E-state index contributed by atoms with van der Waals surface area (Å²) in [6, 6.07) is 4.28. The van der Waals surface area contributed by atoms with Gasteiger partial charge < -0.3 is 14.3 Å². The highest BCUT2D eigenvalue weighted by atomic mass is 32.5. The van der Waals surface area contributed by atoms with Gasteiger partial charge >= 0.3 is 12.4 Å². The van der Waals surface area contributed by atoms with E-state index in [-0.39, 0.29) is 11.4 Å². The number of nitro benzene ring substituents is 1. The predicted molar refractivity (Wildman–Crippen MR) is 57.2 cm³/mol. The largest absolute Gasteiger partial charge is 0.417 e. The van der Waals surface area contributed by atoms with Crippen LogP contribution in [0, 0.1) is 17.0 Å². The molecule has 0 aliphatic rings. The van der Waals surface area contributed by atoms with Crippen molar-refractivity contribution in [3.8, 4) is 5.75 Å². The molecule has 0 aliphatic carbocycles. The average molecular weight is 249 g/mol. The number of nitrogens with zero attached hydrogens (tertiary/aromatic N) is 1. The first kappa shape index (κ1) is 12.1. The fourth-order valence-corrected chi connectivity index (χ4v) is 1.71. The van der Waals surface area contributed by atoms with Gasteiger partial charge in [-0.1, -0.05) is 12.1 Å². The van der Waals surface area contributed by atoms with Gasteiger partial charge in [-0.05, 0) is 13.0 Å². The highest BCUT2D eigenvalue weighted by Gasteiger charge is 2.22. The number of rotatable bonds is 3. The van der Waals surface area contributed by atoms with Crippen molar-refractivity contribution in [1.29, 1.82) is 0 Å². The van der Waals surface area contributed by atoms with Crippen molar-refractivity contribution in [2.24, 2.45) is 0 Å². The van der Waals surface area contributed by atoms with Crippen LogP contribution in [0.4, 0.5) is 5.69 Å². The van der Waals surface area contributed by atoms with Crippen molar-refractivity contribution in [2.75, 3.05) is 0 Å². The zero-order chi connectivity index (χ0) is 11.6. The summed E-state index contributed by atoms with van der Waals surface area (Å²) in [6.07, 6.45) is 0. The van der Waals surface area contributed by atoms with Crippen molar-refractivity contribution < 1.29 is 19.2 Å². The monoisotopic (exact) mass is 249 g/mol. The normalized spacial score (nSPS) is 11.1. The van der Waals surface area contributed by atoms with Gasteiger partial charge in [-0.25, -0.2) is 0 Å². The van der Waals surface area contributed by atoms with Crippen LogP contribution in [0.2, 0.25) is 0 Å². The molecular formula is C7H8NO5PS. The molecule has 0 atom stereocenters. The van der Waals surface area contributed by atoms with Gasteiger partial charge in [0.15, 0.2) is 0 Å². The van der Waals surface area contributed by atoms with Gasteiger partial charge in [-0.2, -0.15) is 0 Å². The Morgan fingerprint density at radius 3 is 2.60 bits per heavy atom. The molecule has 0 fully saturated rings. The summed E-state index contributed by atoms with van der Waals surface area (Å²) >= 11 is 4.23. The van der Waals surface area contributed by atoms with Gasteiger partial charge in [0.2, 0.25) is 5.75 Å². The van der Waals surface area contributed by atoms with E-state index >= 15 is 0 Å². The number of hydrogen-bond acceptors (Lipinski definition) is 4. The quantitative estimate of drug-likeness (QED) is 0.479. The summed E-state index contributed by atoms with van der Waals surface area (Å²) < 4.78 is 4.57. The van der Waals surface area contributed by atoms with Crippen LogP contribution in [0.1, 0.15) is 5.56 Å². The third-order valence-corrected chi connectivity index (χ3v) is 2.26. The molecule has 2 N–H and O–H groups in total. The van der Waals surface area contributed by atoms with E-state index in [0.717, 1.165) is 0 Å². The Kier molecular flexibility index (Phi) is 3.41. The second-order valence-corrected chi connectivity index (χ2v) is 5.35. The summed E-state index contributed by atoms with van der Waals surface area (Å²) in [4.78, 5) is 27.8. The zero-order valence-corrected chi connectivity index (χ0v) is 9.36. The maximum Gasteiger partial charge on any atom is 0.375 e. The van der Waals surface area contributed by atoms with Crippen LogP contribution < -0.4 is 4.52 Å². The van der Waals surface area contributed by atoms with Gasteiger partial charge in [-0.3, -0.25) is 10.1 Å². The molecule has 0 amide bonds. The summed E-state index contributed by atoms with van der Waals surface area (Å²) in [7, 11) is 0. The minimum Gasteiger partial charge on any atom is -0.417 e. The van der Waals surface area contributed by atoms with Crippen molar-refractivity contribution >= 4 is 24.2 Å². The van der Waals surface area contributed by atoms with Crippen molar-refractivity contribution in [3.63, 3.8) is 0 Å². The SMILES string of the molecule is Cc1cccc(OP(O)(O)=S)c1[N+](=O)[O-]. The molecule has 0 spiro atoms. The molecule has 0 bridgehead atoms. The number of benzene rings is 1. The minimum atomic E-state index is -3.95. The molecule has 82 valence electrons. The molecule has 0 unspecified atom stereocenters. The average Bonchev–Trinajstić information content (AvgIpc) is 1.99. The van der Waals surface area contributed by atoms with Crippen LogP contribution in [0.15, 0.2) is 18.2 Å². The van der Waals surface area contributed by atoms with Crippen LogP contribution in [-0.2, 0) is 11.8 Å². The van der Waals surface area contributed by atoms with Gasteiger partial charge in [0.05, 0.1) is 4.92 Å². The van der Waals surface area contributed by atoms with E-state index in [0.29, 0.717) is 5.56 Å². The maximum absolute atomic E-state index is 10.7. The Bertz CT molecular complexity index is 443. The van der Waals surface area contributed by atoms with Crippen LogP contribution in [-0.4, -0.2) is 14.7 Å². The van der Waals surface area contributed by atoms with Gasteiger partial charge in [0.1, 0.15) is 0 Å². The summed E-state index contributed by atoms with van der Waals surface area (Å²) in [5.41, 5.74) is 0.0516. The van der Waals surface area contributed by atoms with Crippen LogP contribution >= 0.6 is 6.72 Å². The van der Waals surface area contributed by atoms with Crippen LogP contribution in [0.5, 0.6) is 5.75 Å². The zero-order valence-electron chi connectivity index (χ0n) is 7.65. The third kappa shape index (κ3) is 3.24. The maximum atomic E-state index is 10.7. The lowest BCUT2D eigenvalue weighted by Gasteiger charge is -2.10. The molecule has 6 nitrogen and oxygen atoms in total. The topological polar surface area (TPSA) is 92.8 Å². The second-order valence-electron chi connectivity index (χ2n) is 2.76. The van der Waals surface area contributed by atoms with E-state index in [1.807, 2.05) is 0 Å². The summed E-state index contributed by atoms with van der Waals surface area (Å²) in [5.74, 6) is -0.228. The highest BCUT2D eigenvalue weighted by Crippen LogP contribution is 2.42. The molecule has 15 heavy (non-hydrogen) atoms. The molecule has 0 radical (unpaired) electrons. The van der Waals surface area contributed by atoms with E-state index in [1.54, 1.807) is 0 Å². The summed E-state index contributed by atoms with van der Waals surface area (Å²) in [6.45, 7) is -2.43. The molecule has 0 aromatic heterocycles. The summed E-state index contributed by atoms with van der Waals surface area (Å²) in [5, 5.41) is 10.7. The Labute approximate surface area is 90.5 Å². The van der Waals surface area contributed by atoms with Crippen LogP contribution in [0.25, 0.3) is 0 Å². The van der Waals surface area contributed by atoms with E-state index in [2.05, 4.69) is 16.3 Å². The fraction of sp³-hybridized carbons (Fsp3) is 0.143. The Balaban J connectivity index is 3.24. The molecule has 1 aromatic rings. The van der Waals surface area contributed by atoms with E-state index in [9.17, 15) is 10.1 Å². The number of para-hydroxylation sites is 1. The van der Waals surface area contributed by atoms with Crippen molar-refractivity contribution in [3.05, 3.63) is 33.9 Å². The predicted octanol–water partition coefficient (Wildman–Crippen LogP) is 1.49. The lowest BCUT2D eigenvalue weighted by Crippen LogP contribution is -1.97. The standard InChI is InChI=1S/C7H8NO5PS/c1-5-3-2-4-6(7(5)8(9)10)13-14(11,12)15/h2-4H,1H3,(H2,11,12,15). The molecule has 0 heterocycles. The first-order chi connectivity index (χ1) is 6.81. The molecule has 8 heteroatoms. The first-order valence-electron chi connectivity index (χ1n) is 3.80. The molecule has 0 saturated carbocycles. The van der Waals surface area contributed by atoms with Crippen molar-refractivity contribution in [1.82, 2.24) is 0 Å². The van der Waals surface area contributed by atoms with Crippen molar-refractivity contribution in [2.45, 2.75) is 6.92 Å². The molecule has 0 saturated heterocycles. The van der Waals surface area contributed by atoms with E-state index in [4.69, 9.17) is 9.79 Å². The molecule has 0 aliphatic heterocycles. The molecular weight excluding hydrogens is 241 g/mol.